The molecular weight excluding hydrogens is 323 g/mol. The Morgan fingerprint density at radius 1 is 1.04 bits per heavy atom. The minimum atomic E-state index is -0.372. The predicted molar refractivity (Wildman–Crippen MR) is 95.9 cm³/mol. The van der Waals surface area contributed by atoms with Crippen LogP contribution in [0, 0.1) is 5.82 Å². The molecule has 0 atom stereocenters. The van der Waals surface area contributed by atoms with Crippen LogP contribution in [-0.4, -0.2) is 10.9 Å². The number of hydrogen-bond donors (Lipinski definition) is 1. The van der Waals surface area contributed by atoms with Crippen LogP contribution in [0.4, 0.5) is 9.52 Å². The Morgan fingerprint density at radius 3 is 2.71 bits per heavy atom. The quantitative estimate of drug-likeness (QED) is 0.585. The van der Waals surface area contributed by atoms with Gasteiger partial charge in [0.05, 0.1) is 16.6 Å². The van der Waals surface area contributed by atoms with Crippen LogP contribution in [0.25, 0.3) is 21.0 Å². The number of anilines is 1. The number of hydrogen-bond acceptors (Lipinski definition) is 3. The molecule has 118 valence electrons. The van der Waals surface area contributed by atoms with Crippen molar-refractivity contribution in [1.82, 2.24) is 4.98 Å². The van der Waals surface area contributed by atoms with E-state index in [9.17, 15) is 9.18 Å². The van der Waals surface area contributed by atoms with Crippen molar-refractivity contribution in [2.75, 3.05) is 5.32 Å². The Hall–Kier alpha value is -2.79. The van der Waals surface area contributed by atoms with E-state index in [1.165, 1.54) is 17.4 Å². The number of carbonyl (C=O) groups excluding carboxylic acids is 1. The third kappa shape index (κ3) is 2.74. The molecule has 1 amide bonds. The van der Waals surface area contributed by atoms with Gasteiger partial charge >= 0.3 is 0 Å². The van der Waals surface area contributed by atoms with Crippen molar-refractivity contribution in [2.24, 2.45) is 0 Å². The highest BCUT2D eigenvalue weighted by atomic mass is 32.1. The first kappa shape index (κ1) is 14.8. The molecule has 3 aromatic carbocycles. The van der Waals surface area contributed by atoms with Gasteiger partial charge in [0, 0.05) is 5.39 Å². The van der Waals surface area contributed by atoms with E-state index in [4.69, 9.17) is 0 Å². The first-order valence-corrected chi connectivity index (χ1v) is 8.34. The summed E-state index contributed by atoms with van der Waals surface area (Å²) in [4.78, 5) is 16.7. The SMILES string of the molecule is O=C(Cc1ccccc1F)Nc1nc2c(ccc3ccccc32)s1. The van der Waals surface area contributed by atoms with Crippen LogP contribution in [0.15, 0.2) is 60.7 Å². The van der Waals surface area contributed by atoms with Crippen molar-refractivity contribution >= 4 is 43.4 Å². The highest BCUT2D eigenvalue weighted by molar-refractivity contribution is 7.22. The van der Waals surface area contributed by atoms with Gasteiger partial charge in [0.1, 0.15) is 5.82 Å². The predicted octanol–water partition coefficient (Wildman–Crippen LogP) is 4.77. The van der Waals surface area contributed by atoms with Crippen LogP contribution in [-0.2, 0) is 11.2 Å². The fourth-order valence-corrected chi connectivity index (χ4v) is 3.59. The summed E-state index contributed by atoms with van der Waals surface area (Å²) in [5.41, 5.74) is 1.25. The zero-order chi connectivity index (χ0) is 16.5. The number of thiazole rings is 1. The normalized spacial score (nSPS) is 11.0. The molecule has 3 nitrogen and oxygen atoms in total. The highest BCUT2D eigenvalue weighted by Crippen LogP contribution is 2.31. The maximum Gasteiger partial charge on any atom is 0.230 e. The number of amides is 1. The van der Waals surface area contributed by atoms with Gasteiger partial charge in [0.15, 0.2) is 5.13 Å². The summed E-state index contributed by atoms with van der Waals surface area (Å²) < 4.78 is 14.6. The molecule has 0 aliphatic heterocycles. The lowest BCUT2D eigenvalue weighted by molar-refractivity contribution is -0.115. The maximum atomic E-state index is 13.6. The summed E-state index contributed by atoms with van der Waals surface area (Å²) >= 11 is 1.42. The Bertz CT molecular complexity index is 1060. The van der Waals surface area contributed by atoms with E-state index in [2.05, 4.69) is 10.3 Å². The first-order valence-electron chi connectivity index (χ1n) is 7.52. The van der Waals surface area contributed by atoms with E-state index in [0.717, 1.165) is 21.0 Å². The van der Waals surface area contributed by atoms with E-state index in [-0.39, 0.29) is 18.1 Å². The van der Waals surface area contributed by atoms with Crippen molar-refractivity contribution in [3.8, 4) is 0 Å². The Kier molecular flexibility index (Phi) is 3.70. The number of benzene rings is 3. The summed E-state index contributed by atoms with van der Waals surface area (Å²) in [6.45, 7) is 0. The molecule has 0 saturated carbocycles. The second-order valence-corrected chi connectivity index (χ2v) is 6.50. The number of fused-ring (bicyclic) bond motifs is 3. The zero-order valence-corrected chi connectivity index (χ0v) is 13.4. The fraction of sp³-hybridized carbons (Fsp3) is 0.0526. The van der Waals surface area contributed by atoms with E-state index in [1.54, 1.807) is 18.2 Å². The van der Waals surface area contributed by atoms with Crippen molar-refractivity contribution in [2.45, 2.75) is 6.42 Å². The fourth-order valence-electron chi connectivity index (χ4n) is 2.69. The van der Waals surface area contributed by atoms with Crippen LogP contribution >= 0.6 is 11.3 Å². The summed E-state index contributed by atoms with van der Waals surface area (Å²) in [5, 5.41) is 5.47. The van der Waals surface area contributed by atoms with Gasteiger partial charge in [-0.25, -0.2) is 9.37 Å². The van der Waals surface area contributed by atoms with Gasteiger partial charge in [0.2, 0.25) is 5.91 Å². The zero-order valence-electron chi connectivity index (χ0n) is 12.6. The first-order chi connectivity index (χ1) is 11.7. The number of aromatic nitrogens is 1. The molecule has 0 radical (unpaired) electrons. The largest absolute Gasteiger partial charge is 0.302 e. The molecular formula is C19H13FN2OS. The highest BCUT2D eigenvalue weighted by Gasteiger charge is 2.12. The standard InChI is InChI=1S/C19H13FN2OS/c20-15-8-4-2-6-13(15)11-17(23)21-19-22-18-14-7-3-1-5-12(14)9-10-16(18)24-19/h1-10H,11H2,(H,21,22,23). The van der Waals surface area contributed by atoms with Gasteiger partial charge in [-0.3, -0.25) is 4.79 Å². The van der Waals surface area contributed by atoms with Crippen molar-refractivity contribution < 1.29 is 9.18 Å². The number of nitrogens with one attached hydrogen (secondary N) is 1. The van der Waals surface area contributed by atoms with E-state index in [0.29, 0.717) is 10.7 Å². The molecule has 0 bridgehead atoms. The van der Waals surface area contributed by atoms with Crippen LogP contribution in [0.5, 0.6) is 0 Å². The Balaban J connectivity index is 1.62. The molecule has 4 rings (SSSR count). The molecule has 0 unspecified atom stereocenters. The van der Waals surface area contributed by atoms with Crippen LogP contribution in [0.2, 0.25) is 0 Å². The lowest BCUT2D eigenvalue weighted by atomic mass is 10.1. The van der Waals surface area contributed by atoms with Gasteiger partial charge in [0.25, 0.3) is 0 Å². The molecule has 1 heterocycles. The monoisotopic (exact) mass is 336 g/mol. The number of carbonyl (C=O) groups is 1. The molecule has 0 aliphatic rings. The van der Waals surface area contributed by atoms with Gasteiger partial charge < -0.3 is 5.32 Å². The Morgan fingerprint density at radius 2 is 1.83 bits per heavy atom. The molecule has 0 saturated heterocycles. The molecule has 1 N–H and O–H groups in total. The number of nitrogens with zero attached hydrogens (tertiary/aromatic N) is 1. The van der Waals surface area contributed by atoms with Crippen molar-refractivity contribution in [3.63, 3.8) is 0 Å². The molecule has 0 aliphatic carbocycles. The van der Waals surface area contributed by atoms with Crippen LogP contribution in [0.1, 0.15) is 5.56 Å². The third-order valence-electron chi connectivity index (χ3n) is 3.84. The minimum Gasteiger partial charge on any atom is -0.302 e. The molecule has 4 aromatic rings. The average Bonchev–Trinajstić information content (AvgIpc) is 3.00. The molecule has 1 aromatic heterocycles. The second-order valence-electron chi connectivity index (χ2n) is 5.47. The Labute approximate surface area is 141 Å². The van der Waals surface area contributed by atoms with Gasteiger partial charge in [-0.15, -0.1) is 0 Å². The molecule has 5 heteroatoms. The summed E-state index contributed by atoms with van der Waals surface area (Å²) in [6.07, 6.45) is -0.0106. The summed E-state index contributed by atoms with van der Waals surface area (Å²) in [7, 11) is 0. The van der Waals surface area contributed by atoms with Crippen molar-refractivity contribution in [3.05, 3.63) is 72.0 Å². The summed E-state index contributed by atoms with van der Waals surface area (Å²) in [6, 6.07) is 18.3. The lowest BCUT2D eigenvalue weighted by Crippen LogP contribution is -2.14. The minimum absolute atomic E-state index is 0.0106. The third-order valence-corrected chi connectivity index (χ3v) is 4.77. The second kappa shape index (κ2) is 6.02. The molecule has 0 spiro atoms. The summed E-state index contributed by atoms with van der Waals surface area (Å²) in [5.74, 6) is -0.647. The van der Waals surface area contributed by atoms with Crippen molar-refractivity contribution in [1.29, 1.82) is 0 Å². The van der Waals surface area contributed by atoms with Crippen LogP contribution in [0.3, 0.4) is 0 Å². The van der Waals surface area contributed by atoms with E-state index >= 15 is 0 Å². The van der Waals surface area contributed by atoms with Gasteiger partial charge in [-0.1, -0.05) is 59.9 Å². The number of rotatable bonds is 3. The van der Waals surface area contributed by atoms with E-state index < -0.39 is 0 Å². The average molecular weight is 336 g/mol. The smallest absolute Gasteiger partial charge is 0.230 e. The van der Waals surface area contributed by atoms with Gasteiger partial charge in [-0.2, -0.15) is 0 Å². The molecule has 0 fully saturated rings. The topological polar surface area (TPSA) is 42.0 Å². The van der Waals surface area contributed by atoms with E-state index in [1.807, 2.05) is 36.4 Å². The maximum absolute atomic E-state index is 13.6. The number of halogens is 1. The van der Waals surface area contributed by atoms with Crippen LogP contribution < -0.4 is 5.32 Å². The lowest BCUT2D eigenvalue weighted by Gasteiger charge is -2.02. The molecule has 24 heavy (non-hydrogen) atoms. The van der Waals surface area contributed by atoms with Gasteiger partial charge in [-0.05, 0) is 23.1 Å².